The molecule has 0 unspecified atom stereocenters. The highest BCUT2D eigenvalue weighted by Gasteiger charge is 2.15. The minimum absolute atomic E-state index is 0.208. The van der Waals surface area contributed by atoms with Crippen LogP contribution < -0.4 is 10.9 Å². The Hall–Kier alpha value is -2.40. The molecule has 5 nitrogen and oxygen atoms in total. The van der Waals surface area contributed by atoms with Gasteiger partial charge >= 0.3 is 0 Å². The zero-order valence-electron chi connectivity index (χ0n) is 11.1. The SMILES string of the molecule is Cn1ccc(C(=O)N[C@H](CO)c2ccccc2)cc1=O. The van der Waals surface area contributed by atoms with Crippen molar-refractivity contribution in [3.05, 3.63) is 70.1 Å². The summed E-state index contributed by atoms with van der Waals surface area (Å²) in [6, 6.07) is 11.5. The van der Waals surface area contributed by atoms with Crippen LogP contribution in [0.1, 0.15) is 22.0 Å². The van der Waals surface area contributed by atoms with Crippen molar-refractivity contribution < 1.29 is 9.90 Å². The molecule has 1 amide bonds. The number of aryl methyl sites for hydroxylation is 1. The molecule has 104 valence electrons. The van der Waals surface area contributed by atoms with Crippen molar-refractivity contribution in [3.8, 4) is 0 Å². The van der Waals surface area contributed by atoms with E-state index in [-0.39, 0.29) is 23.6 Å². The molecule has 0 radical (unpaired) electrons. The van der Waals surface area contributed by atoms with Crippen LogP contribution in [0, 0.1) is 0 Å². The van der Waals surface area contributed by atoms with Gasteiger partial charge in [-0.05, 0) is 11.6 Å². The molecule has 0 aliphatic carbocycles. The summed E-state index contributed by atoms with van der Waals surface area (Å²) in [5.41, 5.74) is 0.840. The Bertz CT molecular complexity index is 650. The Morgan fingerprint density at radius 3 is 2.60 bits per heavy atom. The molecule has 0 saturated carbocycles. The average molecular weight is 272 g/mol. The molecule has 0 saturated heterocycles. The van der Waals surface area contributed by atoms with Gasteiger partial charge in [0.25, 0.3) is 11.5 Å². The topological polar surface area (TPSA) is 71.3 Å². The van der Waals surface area contributed by atoms with Crippen LogP contribution in [0.5, 0.6) is 0 Å². The molecular weight excluding hydrogens is 256 g/mol. The third-order valence-corrected chi connectivity index (χ3v) is 3.06. The highest BCUT2D eigenvalue weighted by Crippen LogP contribution is 2.12. The number of carbonyl (C=O) groups is 1. The average Bonchev–Trinajstić information content (AvgIpc) is 2.48. The number of hydrogen-bond acceptors (Lipinski definition) is 3. The second-order valence-electron chi connectivity index (χ2n) is 4.48. The van der Waals surface area contributed by atoms with Crippen molar-refractivity contribution in [1.29, 1.82) is 0 Å². The van der Waals surface area contributed by atoms with E-state index in [1.54, 1.807) is 13.1 Å². The fourth-order valence-corrected chi connectivity index (χ4v) is 1.85. The number of benzene rings is 1. The third kappa shape index (κ3) is 3.13. The summed E-state index contributed by atoms with van der Waals surface area (Å²) in [7, 11) is 1.62. The minimum Gasteiger partial charge on any atom is -0.394 e. The van der Waals surface area contributed by atoms with Crippen molar-refractivity contribution in [2.75, 3.05) is 6.61 Å². The summed E-state index contributed by atoms with van der Waals surface area (Å²) >= 11 is 0. The van der Waals surface area contributed by atoms with Crippen LogP contribution in [-0.4, -0.2) is 22.2 Å². The van der Waals surface area contributed by atoms with E-state index in [0.717, 1.165) is 5.56 Å². The van der Waals surface area contributed by atoms with Gasteiger partial charge in [0.05, 0.1) is 12.6 Å². The Morgan fingerprint density at radius 2 is 2.00 bits per heavy atom. The van der Waals surface area contributed by atoms with Gasteiger partial charge < -0.3 is 15.0 Å². The lowest BCUT2D eigenvalue weighted by atomic mass is 10.1. The van der Waals surface area contributed by atoms with Crippen LogP contribution in [-0.2, 0) is 7.05 Å². The second kappa shape index (κ2) is 6.16. The Balaban J connectivity index is 2.17. The van der Waals surface area contributed by atoms with Crippen LogP contribution in [0.3, 0.4) is 0 Å². The van der Waals surface area contributed by atoms with E-state index in [1.807, 2.05) is 30.3 Å². The van der Waals surface area contributed by atoms with Gasteiger partial charge in [0.1, 0.15) is 0 Å². The van der Waals surface area contributed by atoms with E-state index < -0.39 is 6.04 Å². The van der Waals surface area contributed by atoms with E-state index >= 15 is 0 Å². The molecule has 1 aromatic heterocycles. The van der Waals surface area contributed by atoms with Gasteiger partial charge in [-0.2, -0.15) is 0 Å². The molecule has 5 heteroatoms. The molecule has 0 spiro atoms. The zero-order chi connectivity index (χ0) is 14.5. The number of hydrogen-bond donors (Lipinski definition) is 2. The molecule has 1 aromatic carbocycles. The molecule has 1 heterocycles. The van der Waals surface area contributed by atoms with Gasteiger partial charge in [0.2, 0.25) is 0 Å². The summed E-state index contributed by atoms with van der Waals surface area (Å²) in [5.74, 6) is -0.384. The molecule has 2 aromatic rings. The van der Waals surface area contributed by atoms with E-state index in [0.29, 0.717) is 0 Å². The number of rotatable bonds is 4. The first-order valence-electron chi connectivity index (χ1n) is 6.25. The van der Waals surface area contributed by atoms with E-state index in [1.165, 1.54) is 16.8 Å². The molecule has 0 fully saturated rings. The second-order valence-corrected chi connectivity index (χ2v) is 4.48. The number of carbonyl (C=O) groups excluding carboxylic acids is 1. The molecule has 0 aliphatic heterocycles. The first kappa shape index (κ1) is 14.0. The summed E-state index contributed by atoms with van der Waals surface area (Å²) in [6.45, 7) is -0.208. The van der Waals surface area contributed by atoms with Gasteiger partial charge in [0, 0.05) is 24.9 Å². The number of nitrogens with one attached hydrogen (secondary N) is 1. The maximum Gasteiger partial charge on any atom is 0.252 e. The predicted octanol–water partition coefficient (Wildman–Crippen LogP) is 0.849. The molecular formula is C15H16N2O3. The molecule has 2 rings (SSSR count). The minimum atomic E-state index is -0.493. The molecule has 20 heavy (non-hydrogen) atoms. The molecule has 0 bridgehead atoms. The summed E-state index contributed by atoms with van der Waals surface area (Å²) in [4.78, 5) is 23.6. The van der Waals surface area contributed by atoms with Crippen molar-refractivity contribution in [2.45, 2.75) is 6.04 Å². The lowest BCUT2D eigenvalue weighted by Crippen LogP contribution is -2.31. The van der Waals surface area contributed by atoms with Gasteiger partial charge in [0.15, 0.2) is 0 Å². The monoisotopic (exact) mass is 272 g/mol. The fraction of sp³-hybridized carbons (Fsp3) is 0.200. The number of aromatic nitrogens is 1. The van der Waals surface area contributed by atoms with Crippen molar-refractivity contribution >= 4 is 5.91 Å². The van der Waals surface area contributed by atoms with Crippen molar-refractivity contribution in [1.82, 2.24) is 9.88 Å². The van der Waals surface area contributed by atoms with E-state index in [2.05, 4.69) is 5.32 Å². The number of nitrogens with zero attached hydrogens (tertiary/aromatic N) is 1. The predicted molar refractivity (Wildman–Crippen MR) is 75.4 cm³/mol. The Labute approximate surface area is 116 Å². The standard InChI is InChI=1S/C15H16N2O3/c1-17-8-7-12(9-14(17)19)15(20)16-13(10-18)11-5-3-2-4-6-11/h2-9,13,18H,10H2,1H3,(H,16,20)/t13-/m1/s1. The lowest BCUT2D eigenvalue weighted by molar-refractivity contribution is 0.0916. The van der Waals surface area contributed by atoms with Crippen molar-refractivity contribution in [3.63, 3.8) is 0 Å². The van der Waals surface area contributed by atoms with Crippen LogP contribution in [0.2, 0.25) is 0 Å². The largest absolute Gasteiger partial charge is 0.394 e. The van der Waals surface area contributed by atoms with Crippen LogP contribution >= 0.6 is 0 Å². The third-order valence-electron chi connectivity index (χ3n) is 3.06. The summed E-state index contributed by atoms with van der Waals surface area (Å²) in [5, 5.41) is 12.1. The summed E-state index contributed by atoms with van der Waals surface area (Å²) in [6.07, 6.45) is 1.54. The number of aliphatic hydroxyl groups is 1. The van der Waals surface area contributed by atoms with Crippen LogP contribution in [0.15, 0.2) is 53.5 Å². The number of amides is 1. The normalized spacial score (nSPS) is 11.9. The number of pyridine rings is 1. The first-order chi connectivity index (χ1) is 9.61. The van der Waals surface area contributed by atoms with Gasteiger partial charge in [-0.1, -0.05) is 30.3 Å². The van der Waals surface area contributed by atoms with Gasteiger partial charge in [-0.15, -0.1) is 0 Å². The highest BCUT2D eigenvalue weighted by atomic mass is 16.3. The Morgan fingerprint density at radius 1 is 1.30 bits per heavy atom. The fourth-order valence-electron chi connectivity index (χ4n) is 1.85. The lowest BCUT2D eigenvalue weighted by Gasteiger charge is -2.16. The highest BCUT2D eigenvalue weighted by molar-refractivity contribution is 5.94. The smallest absolute Gasteiger partial charge is 0.252 e. The quantitative estimate of drug-likeness (QED) is 0.866. The number of aliphatic hydroxyl groups excluding tert-OH is 1. The van der Waals surface area contributed by atoms with Crippen LogP contribution in [0.25, 0.3) is 0 Å². The van der Waals surface area contributed by atoms with Crippen LogP contribution in [0.4, 0.5) is 0 Å². The Kier molecular flexibility index (Phi) is 4.32. The summed E-state index contributed by atoms with van der Waals surface area (Å²) < 4.78 is 1.39. The maximum atomic E-state index is 12.1. The molecule has 1 atom stereocenters. The van der Waals surface area contributed by atoms with E-state index in [9.17, 15) is 14.7 Å². The zero-order valence-corrected chi connectivity index (χ0v) is 11.1. The van der Waals surface area contributed by atoms with Crippen molar-refractivity contribution in [2.24, 2.45) is 7.05 Å². The maximum absolute atomic E-state index is 12.1. The van der Waals surface area contributed by atoms with Gasteiger partial charge in [-0.3, -0.25) is 9.59 Å². The molecule has 2 N–H and O–H groups in total. The molecule has 0 aliphatic rings. The van der Waals surface area contributed by atoms with Gasteiger partial charge in [-0.25, -0.2) is 0 Å². The first-order valence-corrected chi connectivity index (χ1v) is 6.25. The van der Waals surface area contributed by atoms with E-state index in [4.69, 9.17) is 0 Å².